The van der Waals surface area contributed by atoms with Crippen molar-refractivity contribution in [3.05, 3.63) is 59.7 Å². The van der Waals surface area contributed by atoms with Gasteiger partial charge in [-0.3, -0.25) is 20.0 Å². The van der Waals surface area contributed by atoms with E-state index in [1.165, 1.54) is 5.01 Å². The van der Waals surface area contributed by atoms with E-state index in [1.807, 2.05) is 76.5 Å². The molecule has 0 heterocycles. The number of nitrogens with zero attached hydrogens (tertiary/aromatic N) is 3. The van der Waals surface area contributed by atoms with E-state index in [2.05, 4.69) is 27.8 Å². The third kappa shape index (κ3) is 9.42. The van der Waals surface area contributed by atoms with Crippen LogP contribution >= 0.6 is 24.4 Å². The third-order valence-electron chi connectivity index (χ3n) is 4.39. The van der Waals surface area contributed by atoms with Crippen molar-refractivity contribution in [2.45, 2.75) is 6.42 Å². The molecule has 0 saturated heterocycles. The maximum absolute atomic E-state index is 11.5. The van der Waals surface area contributed by atoms with Crippen LogP contribution in [-0.4, -0.2) is 69.1 Å². The molecule has 33 heavy (non-hydrogen) atoms. The Hall–Kier alpha value is -3.24. The van der Waals surface area contributed by atoms with E-state index in [0.29, 0.717) is 4.99 Å². The predicted octanol–water partition coefficient (Wildman–Crippen LogP) is 1.91. The van der Waals surface area contributed by atoms with Gasteiger partial charge in [-0.05, 0) is 24.3 Å². The van der Waals surface area contributed by atoms with E-state index in [-0.39, 0.29) is 6.42 Å². The van der Waals surface area contributed by atoms with Crippen molar-refractivity contribution in [2.24, 2.45) is 5.73 Å². The van der Waals surface area contributed by atoms with Gasteiger partial charge >= 0.3 is 0 Å². The van der Waals surface area contributed by atoms with Crippen molar-refractivity contribution in [1.82, 2.24) is 15.8 Å². The molecule has 0 bridgehead atoms. The quantitative estimate of drug-likeness (QED) is 0.323. The van der Waals surface area contributed by atoms with Crippen molar-refractivity contribution >= 4 is 57.6 Å². The average Bonchev–Trinajstić information content (AvgIpc) is 2.77. The number of nitrogens with one attached hydrogen (secondary N) is 2. The summed E-state index contributed by atoms with van der Waals surface area (Å²) in [6, 6.07) is 15.7. The number of primary amides is 1. The minimum absolute atomic E-state index is 0.370. The Kier molecular flexibility index (Phi) is 11.2. The highest BCUT2D eigenvalue weighted by atomic mass is 32.1. The van der Waals surface area contributed by atoms with Crippen molar-refractivity contribution in [1.29, 1.82) is 0 Å². The van der Waals surface area contributed by atoms with Gasteiger partial charge in [0.1, 0.15) is 16.4 Å². The highest BCUT2D eigenvalue weighted by Gasteiger charge is 2.12. The standard InChI is InChI=1S/C13H18N4O2S.C10H14N2S/c1-16(2)10-6-4-5-9(7-10)13(20)17(3)15-12(19)8-11(14)18;1-11-10(13)8-5-4-6-9(7-8)12(2)3/h4-7H,8H2,1-3H3,(H2,14,18)(H,15,19);4-7H,1-3H3,(H,11,13). The number of amides is 2. The molecule has 0 aliphatic heterocycles. The molecule has 2 aromatic carbocycles. The SMILES string of the molecule is CN(NC(=O)CC(N)=O)C(=S)c1cccc(N(C)C)c1.CNC(=S)c1cccc(N(C)C)c1. The summed E-state index contributed by atoms with van der Waals surface area (Å²) in [6.45, 7) is 0. The smallest absolute Gasteiger partial charge is 0.247 e. The van der Waals surface area contributed by atoms with E-state index in [9.17, 15) is 9.59 Å². The van der Waals surface area contributed by atoms with Gasteiger partial charge in [0, 0.05) is 64.8 Å². The second-order valence-corrected chi connectivity index (χ2v) is 8.31. The van der Waals surface area contributed by atoms with Crippen molar-refractivity contribution in [3.63, 3.8) is 0 Å². The molecule has 178 valence electrons. The fourth-order valence-electron chi connectivity index (χ4n) is 2.62. The lowest BCUT2D eigenvalue weighted by Gasteiger charge is -2.22. The van der Waals surface area contributed by atoms with Crippen LogP contribution in [0.4, 0.5) is 11.4 Å². The summed E-state index contributed by atoms with van der Waals surface area (Å²) in [7, 11) is 11.3. The Balaban J connectivity index is 0.000000361. The molecule has 0 aliphatic carbocycles. The molecule has 2 aromatic rings. The zero-order valence-electron chi connectivity index (χ0n) is 19.9. The summed E-state index contributed by atoms with van der Waals surface area (Å²) in [5.41, 5.74) is 11.5. The minimum Gasteiger partial charge on any atom is -0.379 e. The first-order valence-electron chi connectivity index (χ1n) is 10.1. The van der Waals surface area contributed by atoms with Crippen LogP contribution in [0.1, 0.15) is 17.5 Å². The summed E-state index contributed by atoms with van der Waals surface area (Å²) < 4.78 is 0. The zero-order chi connectivity index (χ0) is 25.1. The Bertz CT molecular complexity index is 994. The van der Waals surface area contributed by atoms with Crippen LogP contribution in [0.3, 0.4) is 0 Å². The van der Waals surface area contributed by atoms with E-state index < -0.39 is 11.8 Å². The Morgan fingerprint density at radius 2 is 1.36 bits per heavy atom. The molecule has 0 atom stereocenters. The first kappa shape index (κ1) is 27.8. The number of carbonyl (C=O) groups excluding carboxylic acids is 2. The summed E-state index contributed by atoms with van der Waals surface area (Å²) in [5, 5.41) is 4.36. The topological polar surface area (TPSA) is 93.9 Å². The molecule has 2 rings (SSSR count). The van der Waals surface area contributed by atoms with Crippen molar-refractivity contribution < 1.29 is 9.59 Å². The van der Waals surface area contributed by atoms with Gasteiger partial charge in [0.25, 0.3) is 0 Å². The van der Waals surface area contributed by atoms with Crippen LogP contribution in [0.25, 0.3) is 0 Å². The van der Waals surface area contributed by atoms with Gasteiger partial charge in [-0.1, -0.05) is 48.7 Å². The molecule has 0 saturated carbocycles. The Morgan fingerprint density at radius 1 is 0.879 bits per heavy atom. The molecule has 0 unspecified atom stereocenters. The Morgan fingerprint density at radius 3 is 1.82 bits per heavy atom. The molecular weight excluding hydrogens is 456 g/mol. The van der Waals surface area contributed by atoms with Gasteiger partial charge in [-0.25, -0.2) is 0 Å². The van der Waals surface area contributed by atoms with Crippen LogP contribution in [0.2, 0.25) is 0 Å². The van der Waals surface area contributed by atoms with Crippen LogP contribution in [0.5, 0.6) is 0 Å². The number of thiocarbonyl (C=S) groups is 2. The highest BCUT2D eigenvalue weighted by molar-refractivity contribution is 7.81. The fraction of sp³-hybridized carbons (Fsp3) is 0.304. The third-order valence-corrected chi connectivity index (χ3v) is 5.34. The maximum atomic E-state index is 11.5. The predicted molar refractivity (Wildman–Crippen MR) is 144 cm³/mol. The first-order valence-corrected chi connectivity index (χ1v) is 10.9. The van der Waals surface area contributed by atoms with Crippen LogP contribution in [-0.2, 0) is 9.59 Å². The molecule has 0 fully saturated rings. The van der Waals surface area contributed by atoms with Gasteiger partial charge in [0.05, 0.1) is 0 Å². The molecule has 0 radical (unpaired) electrons. The molecule has 8 nitrogen and oxygen atoms in total. The van der Waals surface area contributed by atoms with E-state index in [1.54, 1.807) is 7.05 Å². The van der Waals surface area contributed by atoms with E-state index >= 15 is 0 Å². The molecular formula is C23H32N6O2S2. The maximum Gasteiger partial charge on any atom is 0.247 e. The fourth-order valence-corrected chi connectivity index (χ4v) is 2.92. The van der Waals surface area contributed by atoms with Gasteiger partial charge in [-0.15, -0.1) is 0 Å². The summed E-state index contributed by atoms with van der Waals surface area (Å²) in [4.78, 5) is 27.4. The van der Waals surface area contributed by atoms with Gasteiger partial charge in [0.15, 0.2) is 0 Å². The van der Waals surface area contributed by atoms with Gasteiger partial charge in [0.2, 0.25) is 11.8 Å². The van der Waals surface area contributed by atoms with E-state index in [0.717, 1.165) is 27.5 Å². The summed E-state index contributed by atoms with van der Waals surface area (Å²) in [6.07, 6.45) is -0.370. The van der Waals surface area contributed by atoms with Crippen molar-refractivity contribution in [2.75, 3.05) is 52.1 Å². The molecule has 2 amide bonds. The van der Waals surface area contributed by atoms with Gasteiger partial charge < -0.3 is 20.9 Å². The van der Waals surface area contributed by atoms with Gasteiger partial charge in [-0.2, -0.15) is 0 Å². The number of hydrogen-bond acceptors (Lipinski definition) is 6. The monoisotopic (exact) mass is 488 g/mol. The molecule has 0 spiro atoms. The number of carbonyl (C=O) groups is 2. The van der Waals surface area contributed by atoms with E-state index in [4.69, 9.17) is 30.2 Å². The van der Waals surface area contributed by atoms with Crippen LogP contribution < -0.4 is 26.3 Å². The number of anilines is 2. The summed E-state index contributed by atoms with van der Waals surface area (Å²) in [5.74, 6) is -1.18. The lowest BCUT2D eigenvalue weighted by Crippen LogP contribution is -2.44. The summed E-state index contributed by atoms with van der Waals surface area (Å²) >= 11 is 10.4. The highest BCUT2D eigenvalue weighted by Crippen LogP contribution is 2.15. The Labute approximate surface area is 206 Å². The second kappa shape index (κ2) is 13.3. The van der Waals surface area contributed by atoms with Crippen LogP contribution in [0, 0.1) is 0 Å². The number of hydrogen-bond donors (Lipinski definition) is 3. The lowest BCUT2D eigenvalue weighted by atomic mass is 10.2. The second-order valence-electron chi connectivity index (χ2n) is 7.51. The first-order chi connectivity index (χ1) is 15.5. The van der Waals surface area contributed by atoms with Crippen molar-refractivity contribution in [3.8, 4) is 0 Å². The molecule has 4 N–H and O–H groups in total. The normalized spacial score (nSPS) is 9.64. The number of nitrogens with two attached hydrogens (primary N) is 1. The average molecular weight is 489 g/mol. The lowest BCUT2D eigenvalue weighted by molar-refractivity contribution is -0.129. The molecule has 0 aromatic heterocycles. The van der Waals surface area contributed by atoms with Crippen LogP contribution in [0.15, 0.2) is 48.5 Å². The minimum atomic E-state index is -0.684. The largest absolute Gasteiger partial charge is 0.379 e. The number of hydrazine groups is 1. The zero-order valence-corrected chi connectivity index (χ0v) is 21.5. The number of benzene rings is 2. The number of rotatable bonds is 6. The molecule has 0 aliphatic rings. The molecule has 10 heteroatoms.